The maximum atomic E-state index is 14.3. The van der Waals surface area contributed by atoms with Crippen molar-refractivity contribution >= 4 is 23.5 Å². The summed E-state index contributed by atoms with van der Waals surface area (Å²) in [6.45, 7) is -0.0595. The van der Waals surface area contributed by atoms with Gasteiger partial charge >= 0.3 is 19.3 Å². The van der Waals surface area contributed by atoms with Crippen LogP contribution in [0.3, 0.4) is 0 Å². The largest absolute Gasteiger partial charge is 0.394 e. The van der Waals surface area contributed by atoms with E-state index in [9.17, 15) is 35.5 Å². The topological polar surface area (TPSA) is 105 Å². The molecule has 1 fully saturated rings. The van der Waals surface area contributed by atoms with E-state index in [4.69, 9.17) is 17.0 Å². The molecule has 5 rings (SSSR count). The van der Waals surface area contributed by atoms with Gasteiger partial charge in [-0.3, -0.25) is 19.7 Å². The van der Waals surface area contributed by atoms with Gasteiger partial charge in [-0.2, -0.15) is 40.5 Å². The molecule has 2 atom stereocenters. The van der Waals surface area contributed by atoms with Crippen molar-refractivity contribution in [2.45, 2.75) is 51.1 Å². The van der Waals surface area contributed by atoms with Gasteiger partial charge in [0, 0.05) is 17.3 Å². The number of guanidine groups is 1. The molecule has 0 saturated carbocycles. The highest BCUT2D eigenvalue weighted by atomic mass is 35.5. The van der Waals surface area contributed by atoms with E-state index in [1.807, 2.05) is 0 Å². The first kappa shape index (κ1) is 32.9. The second-order valence-corrected chi connectivity index (χ2v) is 11.6. The zero-order chi connectivity index (χ0) is 33.8. The molecule has 0 aliphatic carbocycles. The molecule has 46 heavy (non-hydrogen) atoms. The molecule has 1 amide bonds. The van der Waals surface area contributed by atoms with Gasteiger partial charge in [0.25, 0.3) is 5.91 Å². The lowest BCUT2D eigenvalue weighted by Gasteiger charge is -2.37. The Labute approximate surface area is 262 Å². The van der Waals surface area contributed by atoms with Crippen molar-refractivity contribution < 1.29 is 35.5 Å². The number of benzene rings is 2. The summed E-state index contributed by atoms with van der Waals surface area (Å²) >= 11 is 6.27. The van der Waals surface area contributed by atoms with Crippen molar-refractivity contribution in [3.05, 3.63) is 84.4 Å². The van der Waals surface area contributed by atoms with Crippen molar-refractivity contribution in [1.82, 2.24) is 34.5 Å². The number of amides is 1. The summed E-state index contributed by atoms with van der Waals surface area (Å²) in [6.07, 6.45) is -2.67. The second kappa shape index (κ2) is 11.7. The lowest BCUT2D eigenvalue weighted by molar-refractivity contribution is -0.218. The van der Waals surface area contributed by atoms with Gasteiger partial charge < -0.3 is 5.32 Å². The molecule has 1 radical (unpaired) electrons. The van der Waals surface area contributed by atoms with Gasteiger partial charge in [0.05, 0.1) is 28.5 Å². The molecule has 0 bridgehead atoms. The number of hydrogen-bond acceptors (Lipinski definition) is 5. The first-order valence-corrected chi connectivity index (χ1v) is 13.8. The Morgan fingerprint density at radius 3 is 2.30 bits per heavy atom. The van der Waals surface area contributed by atoms with Gasteiger partial charge in [-0.1, -0.05) is 55.8 Å². The number of carbonyl (C=O) groups excluding carboxylic acids is 1. The molecule has 1 aliphatic rings. The average molecular weight is 670 g/mol. The van der Waals surface area contributed by atoms with E-state index in [2.05, 4.69) is 27.3 Å². The molecule has 2 aromatic carbocycles. The molecule has 1 saturated heterocycles. The third kappa shape index (κ3) is 5.69. The second-order valence-electron chi connectivity index (χ2n) is 11.2. The predicted molar refractivity (Wildman–Crippen MR) is 153 cm³/mol. The highest BCUT2D eigenvalue weighted by Gasteiger charge is 2.59. The number of imidazole rings is 1. The molecule has 1 aliphatic heterocycles. The maximum Gasteiger partial charge on any atom is 0.394 e. The van der Waals surface area contributed by atoms with Gasteiger partial charge in [-0.15, -0.1) is 0 Å². The highest BCUT2D eigenvalue weighted by molar-refractivity contribution is 6.33. The van der Waals surface area contributed by atoms with Gasteiger partial charge in [0.1, 0.15) is 11.9 Å². The fourth-order valence-electron chi connectivity index (χ4n) is 5.28. The quantitative estimate of drug-likeness (QED) is 0.181. The molecule has 9 nitrogen and oxygen atoms in total. The summed E-state index contributed by atoms with van der Waals surface area (Å²) in [5.74, 6) is -1.78. The number of alkyl halides is 7. The number of carbonyl (C=O) groups is 1. The van der Waals surface area contributed by atoms with Gasteiger partial charge in [0.15, 0.2) is 11.8 Å². The summed E-state index contributed by atoms with van der Waals surface area (Å²) < 4.78 is 96.6. The first-order valence-electron chi connectivity index (χ1n) is 13.5. The minimum Gasteiger partial charge on any atom is -0.338 e. The lowest BCUT2D eigenvalue weighted by atomic mass is 9.74. The van der Waals surface area contributed by atoms with Crippen molar-refractivity contribution in [2.75, 3.05) is 0 Å². The number of aromatic nitrogens is 5. The Morgan fingerprint density at radius 1 is 1.04 bits per heavy atom. The van der Waals surface area contributed by atoms with Crippen LogP contribution in [0.1, 0.15) is 50.5 Å². The molecule has 2 aromatic heterocycles. The summed E-state index contributed by atoms with van der Waals surface area (Å²) in [5.41, 5.74) is -3.75. The van der Waals surface area contributed by atoms with Gasteiger partial charge in [-0.25, -0.2) is 9.97 Å². The minimum absolute atomic E-state index is 0.0195. The van der Waals surface area contributed by atoms with Gasteiger partial charge in [-0.05, 0) is 36.6 Å². The number of hydrogen-bond donors (Lipinski definition) is 2. The summed E-state index contributed by atoms with van der Waals surface area (Å²) in [4.78, 5) is 22.9. The molecule has 17 heteroatoms. The van der Waals surface area contributed by atoms with E-state index in [1.165, 1.54) is 42.5 Å². The van der Waals surface area contributed by atoms with Gasteiger partial charge in [0.2, 0.25) is 0 Å². The Hall–Kier alpha value is -4.47. The SMILES string of the molecule is [CH2][C@@H](c1ccc(Cl)c(-c2ncnn2C(F)F)c1)N1C(=N)N[C@](CC(C)(C)C(F)(F)F)(c2ccc(-c3cn(C(F)F)cn3)cc2)C1=O. The lowest BCUT2D eigenvalue weighted by Crippen LogP contribution is -2.50. The Morgan fingerprint density at radius 2 is 1.72 bits per heavy atom. The smallest absolute Gasteiger partial charge is 0.338 e. The zero-order valence-electron chi connectivity index (χ0n) is 24.0. The van der Waals surface area contributed by atoms with E-state index in [1.54, 1.807) is 0 Å². The molecule has 2 N–H and O–H groups in total. The standard InChI is InChI=1S/C29H25ClF7N8O/c1-15(17-6-9-20(30)19(10-17)22-39-13-41-45(22)25(33)34)44-23(46)28(42-26(44)38,12-27(2,3)29(35,36)37)18-7-4-16(5-8-18)21-11-43(14-40-21)24(31)32/h4-11,13-15,24-25H,1,12H2,2-3H3,(H2,38,42)/t15-,28+/m0/s1. The third-order valence-electron chi connectivity index (χ3n) is 7.82. The molecule has 4 aromatic rings. The number of halogens is 8. The molecule has 0 spiro atoms. The number of rotatable bonds is 9. The maximum absolute atomic E-state index is 14.3. The monoisotopic (exact) mass is 669 g/mol. The Bertz CT molecular complexity index is 1770. The Kier molecular flexibility index (Phi) is 8.38. The highest BCUT2D eigenvalue weighted by Crippen LogP contribution is 2.49. The minimum atomic E-state index is -4.75. The predicted octanol–water partition coefficient (Wildman–Crippen LogP) is 7.37. The third-order valence-corrected chi connectivity index (χ3v) is 8.15. The molecular weight excluding hydrogens is 645 g/mol. The molecular formula is C29H25ClF7N8O. The summed E-state index contributed by atoms with van der Waals surface area (Å²) in [7, 11) is 0. The van der Waals surface area contributed by atoms with Crippen LogP contribution in [-0.4, -0.2) is 47.3 Å². The van der Waals surface area contributed by atoms with Crippen LogP contribution < -0.4 is 5.32 Å². The van der Waals surface area contributed by atoms with Crippen LogP contribution in [0.25, 0.3) is 22.6 Å². The van der Waals surface area contributed by atoms with E-state index < -0.39 is 54.6 Å². The van der Waals surface area contributed by atoms with E-state index in [0.717, 1.165) is 37.6 Å². The van der Waals surface area contributed by atoms with Crippen LogP contribution in [0, 0.1) is 17.7 Å². The fourth-order valence-corrected chi connectivity index (χ4v) is 5.48. The Balaban J connectivity index is 1.55. The van der Waals surface area contributed by atoms with E-state index in [0.29, 0.717) is 14.8 Å². The normalized spacial score (nSPS) is 18.2. The van der Waals surface area contributed by atoms with E-state index >= 15 is 0 Å². The van der Waals surface area contributed by atoms with Crippen LogP contribution in [0.15, 0.2) is 61.3 Å². The molecule has 0 unspecified atom stereocenters. The van der Waals surface area contributed by atoms with Crippen LogP contribution in [0.5, 0.6) is 0 Å². The molecule has 3 heterocycles. The average Bonchev–Trinajstić information content (AvgIpc) is 3.72. The van der Waals surface area contributed by atoms with Crippen LogP contribution in [0.4, 0.5) is 30.7 Å². The number of nitrogens with zero attached hydrogens (tertiary/aromatic N) is 6. The van der Waals surface area contributed by atoms with Crippen LogP contribution in [-0.2, 0) is 10.3 Å². The van der Waals surface area contributed by atoms with Crippen molar-refractivity contribution in [3.63, 3.8) is 0 Å². The zero-order valence-corrected chi connectivity index (χ0v) is 24.8. The van der Waals surface area contributed by atoms with Crippen LogP contribution >= 0.6 is 11.6 Å². The van der Waals surface area contributed by atoms with E-state index in [-0.39, 0.29) is 33.2 Å². The summed E-state index contributed by atoms with van der Waals surface area (Å²) in [6, 6.07) is 8.44. The number of nitrogens with one attached hydrogen (secondary N) is 2. The summed E-state index contributed by atoms with van der Waals surface area (Å²) in [5, 5.41) is 14.8. The van der Waals surface area contributed by atoms with Crippen molar-refractivity contribution in [1.29, 1.82) is 5.41 Å². The van der Waals surface area contributed by atoms with Crippen molar-refractivity contribution in [3.8, 4) is 22.6 Å². The molecule has 243 valence electrons. The van der Waals surface area contributed by atoms with Crippen LogP contribution in [0.2, 0.25) is 5.02 Å². The fraction of sp³-hybridized carbons (Fsp3) is 0.310. The first-order chi connectivity index (χ1) is 21.5. The van der Waals surface area contributed by atoms with Crippen molar-refractivity contribution in [2.24, 2.45) is 5.41 Å².